The van der Waals surface area contributed by atoms with Crippen LogP contribution in [0, 0.1) is 6.92 Å². The maximum Gasteiger partial charge on any atom is 0.412 e. The molecule has 3 rings (SSSR count). The lowest BCUT2D eigenvalue weighted by atomic mass is 10.2. The van der Waals surface area contributed by atoms with E-state index in [9.17, 15) is 4.79 Å². The van der Waals surface area contributed by atoms with Gasteiger partial charge in [-0.25, -0.2) is 14.3 Å². The molecule has 7 heteroatoms. The number of nitrogens with zero attached hydrogens (tertiary/aromatic N) is 3. The van der Waals surface area contributed by atoms with Gasteiger partial charge in [0, 0.05) is 5.69 Å². The maximum atomic E-state index is 12.1. The molecule has 0 bridgehead atoms. The molecule has 0 aliphatic heterocycles. The largest absolute Gasteiger partial charge is 0.440 e. The Balaban J connectivity index is 1.75. The van der Waals surface area contributed by atoms with Crippen molar-refractivity contribution in [2.75, 3.05) is 5.32 Å². The Morgan fingerprint density at radius 2 is 2.18 bits per heavy atom. The highest BCUT2D eigenvalue weighted by Crippen LogP contribution is 2.31. The third-order valence-electron chi connectivity index (χ3n) is 3.32. The molecule has 2 aromatic heterocycles. The van der Waals surface area contributed by atoms with Crippen LogP contribution < -0.4 is 5.32 Å². The van der Waals surface area contributed by atoms with E-state index in [1.54, 1.807) is 4.52 Å². The molecule has 0 aliphatic carbocycles. The van der Waals surface area contributed by atoms with Gasteiger partial charge in [0.1, 0.15) is 12.4 Å². The average molecular weight is 316 g/mol. The molecule has 0 saturated heterocycles. The first-order valence-electron chi connectivity index (χ1n) is 7.00. The molecule has 1 N–H and O–H groups in total. The molecule has 6 nitrogen and oxygen atoms in total. The van der Waals surface area contributed by atoms with Crippen molar-refractivity contribution in [3.63, 3.8) is 0 Å². The third-order valence-corrected chi connectivity index (χ3v) is 4.56. The standard InChI is InChI=1S/C15H16N4O2S/c1-3-12(13-10(2)19-14(22-13)16-9-17-19)21-15(20)18-11-7-5-4-6-8-11/h4-9,12H,3H2,1-2H3,(H,18,20). The molecule has 1 unspecified atom stereocenters. The quantitative estimate of drug-likeness (QED) is 0.795. The van der Waals surface area contributed by atoms with Crippen molar-refractivity contribution < 1.29 is 9.53 Å². The molecule has 0 spiro atoms. The third kappa shape index (κ3) is 2.80. The van der Waals surface area contributed by atoms with E-state index in [0.717, 1.165) is 15.5 Å². The summed E-state index contributed by atoms with van der Waals surface area (Å²) in [6.07, 6.45) is 1.44. The average Bonchev–Trinajstić information content (AvgIpc) is 3.09. The van der Waals surface area contributed by atoms with E-state index in [0.29, 0.717) is 12.1 Å². The monoisotopic (exact) mass is 316 g/mol. The Bertz CT molecular complexity index is 781. The number of para-hydroxylation sites is 1. The highest BCUT2D eigenvalue weighted by molar-refractivity contribution is 7.17. The second kappa shape index (κ2) is 6.15. The topological polar surface area (TPSA) is 68.5 Å². The van der Waals surface area contributed by atoms with Crippen LogP contribution in [0.3, 0.4) is 0 Å². The van der Waals surface area contributed by atoms with Crippen LogP contribution in [-0.2, 0) is 4.74 Å². The van der Waals surface area contributed by atoms with Gasteiger partial charge in [0.15, 0.2) is 0 Å². The Morgan fingerprint density at radius 1 is 1.41 bits per heavy atom. The SMILES string of the molecule is CCC(OC(=O)Nc1ccccc1)c1sc2ncnn2c1C. The van der Waals surface area contributed by atoms with Crippen molar-refractivity contribution in [1.29, 1.82) is 0 Å². The molecule has 1 amide bonds. The fourth-order valence-electron chi connectivity index (χ4n) is 2.23. The number of benzene rings is 1. The zero-order chi connectivity index (χ0) is 15.5. The molecule has 3 aromatic rings. The van der Waals surface area contributed by atoms with Crippen molar-refractivity contribution in [2.24, 2.45) is 0 Å². The van der Waals surface area contributed by atoms with Crippen LogP contribution in [0.25, 0.3) is 4.96 Å². The highest BCUT2D eigenvalue weighted by atomic mass is 32.1. The van der Waals surface area contributed by atoms with Crippen molar-refractivity contribution in [3.8, 4) is 0 Å². The van der Waals surface area contributed by atoms with Gasteiger partial charge in [-0.05, 0) is 25.5 Å². The van der Waals surface area contributed by atoms with Crippen LogP contribution in [-0.4, -0.2) is 20.7 Å². The van der Waals surface area contributed by atoms with E-state index in [4.69, 9.17) is 4.74 Å². The number of hydrogen-bond acceptors (Lipinski definition) is 5. The predicted molar refractivity (Wildman–Crippen MR) is 85.2 cm³/mol. The van der Waals surface area contributed by atoms with Gasteiger partial charge >= 0.3 is 6.09 Å². The second-order valence-electron chi connectivity index (χ2n) is 4.80. The Kier molecular flexibility index (Phi) is 4.06. The van der Waals surface area contributed by atoms with Gasteiger partial charge in [0.25, 0.3) is 0 Å². The molecule has 22 heavy (non-hydrogen) atoms. The minimum absolute atomic E-state index is 0.308. The van der Waals surface area contributed by atoms with E-state index >= 15 is 0 Å². The molecule has 0 aliphatic rings. The molecule has 0 saturated carbocycles. The van der Waals surface area contributed by atoms with E-state index in [2.05, 4.69) is 15.4 Å². The van der Waals surface area contributed by atoms with Crippen LogP contribution in [0.2, 0.25) is 0 Å². The normalized spacial score (nSPS) is 12.3. The van der Waals surface area contributed by atoms with Crippen LogP contribution >= 0.6 is 11.3 Å². The highest BCUT2D eigenvalue weighted by Gasteiger charge is 2.22. The van der Waals surface area contributed by atoms with Crippen molar-refractivity contribution in [3.05, 3.63) is 47.2 Å². The predicted octanol–water partition coefficient (Wildman–Crippen LogP) is 3.80. The number of rotatable bonds is 4. The van der Waals surface area contributed by atoms with Gasteiger partial charge in [-0.3, -0.25) is 5.32 Å². The summed E-state index contributed by atoms with van der Waals surface area (Å²) in [6.45, 7) is 3.93. The van der Waals surface area contributed by atoms with Gasteiger partial charge in [-0.15, -0.1) is 0 Å². The summed E-state index contributed by atoms with van der Waals surface area (Å²) in [4.78, 5) is 18.0. The summed E-state index contributed by atoms with van der Waals surface area (Å²) < 4.78 is 7.33. The van der Waals surface area contributed by atoms with Crippen molar-refractivity contribution in [2.45, 2.75) is 26.4 Å². The van der Waals surface area contributed by atoms with Gasteiger partial charge < -0.3 is 4.74 Å². The minimum atomic E-state index is -0.462. The number of thiazole rings is 1. The molecule has 0 fully saturated rings. The first kappa shape index (κ1) is 14.5. The number of aryl methyl sites for hydroxylation is 1. The summed E-state index contributed by atoms with van der Waals surface area (Å²) >= 11 is 1.50. The van der Waals surface area contributed by atoms with E-state index in [-0.39, 0.29) is 6.10 Å². The van der Waals surface area contributed by atoms with Crippen LogP contribution in [0.4, 0.5) is 10.5 Å². The number of carbonyl (C=O) groups is 1. The van der Waals surface area contributed by atoms with Crippen molar-refractivity contribution >= 4 is 28.1 Å². The number of anilines is 1. The molecule has 1 aromatic carbocycles. The van der Waals surface area contributed by atoms with Gasteiger partial charge in [0.2, 0.25) is 4.96 Å². The maximum absolute atomic E-state index is 12.1. The smallest absolute Gasteiger partial charge is 0.412 e. The fraction of sp³-hybridized carbons (Fsp3) is 0.267. The summed E-state index contributed by atoms with van der Waals surface area (Å²) in [7, 11) is 0. The summed E-state index contributed by atoms with van der Waals surface area (Å²) in [6, 6.07) is 9.24. The van der Waals surface area contributed by atoms with Gasteiger partial charge in [-0.1, -0.05) is 36.5 Å². The minimum Gasteiger partial charge on any atom is -0.440 e. The number of nitrogens with one attached hydrogen (secondary N) is 1. The molecular weight excluding hydrogens is 300 g/mol. The Morgan fingerprint density at radius 3 is 2.86 bits per heavy atom. The van der Waals surface area contributed by atoms with Crippen LogP contribution in [0.15, 0.2) is 36.7 Å². The molecular formula is C15H16N4O2S. The lowest BCUT2D eigenvalue weighted by Gasteiger charge is -2.16. The summed E-state index contributed by atoms with van der Waals surface area (Å²) in [5.41, 5.74) is 1.67. The molecule has 1 atom stereocenters. The number of aromatic nitrogens is 3. The van der Waals surface area contributed by atoms with Crippen molar-refractivity contribution in [1.82, 2.24) is 14.6 Å². The number of carbonyl (C=O) groups excluding carboxylic acids is 1. The first-order chi connectivity index (χ1) is 10.7. The first-order valence-corrected chi connectivity index (χ1v) is 7.82. The van der Waals surface area contributed by atoms with E-state index < -0.39 is 6.09 Å². The number of ether oxygens (including phenoxy) is 1. The Hall–Kier alpha value is -2.41. The van der Waals surface area contributed by atoms with E-state index in [1.165, 1.54) is 17.7 Å². The summed E-state index contributed by atoms with van der Waals surface area (Å²) in [5.74, 6) is 0. The number of hydrogen-bond donors (Lipinski definition) is 1. The number of fused-ring (bicyclic) bond motifs is 1. The van der Waals surface area contributed by atoms with Crippen LogP contribution in [0.1, 0.15) is 30.0 Å². The van der Waals surface area contributed by atoms with E-state index in [1.807, 2.05) is 44.2 Å². The Labute approximate surface area is 131 Å². The number of amides is 1. The second-order valence-corrected chi connectivity index (χ2v) is 5.81. The molecule has 2 heterocycles. The molecule has 0 radical (unpaired) electrons. The zero-order valence-electron chi connectivity index (χ0n) is 12.3. The van der Waals surface area contributed by atoms with Crippen LogP contribution in [0.5, 0.6) is 0 Å². The van der Waals surface area contributed by atoms with Gasteiger partial charge in [0.05, 0.1) is 10.6 Å². The van der Waals surface area contributed by atoms with Gasteiger partial charge in [-0.2, -0.15) is 5.10 Å². The molecule has 114 valence electrons. The lowest BCUT2D eigenvalue weighted by molar-refractivity contribution is 0.110. The fourth-order valence-corrected chi connectivity index (χ4v) is 3.37. The summed E-state index contributed by atoms with van der Waals surface area (Å²) in [5, 5.41) is 6.89. The lowest BCUT2D eigenvalue weighted by Crippen LogP contribution is -2.17. The zero-order valence-corrected chi connectivity index (χ0v) is 13.1.